The molecule has 7 heteroatoms. The highest BCUT2D eigenvalue weighted by molar-refractivity contribution is 9.10. The molecule has 2 rings (SSSR count). The zero-order valence-electron chi connectivity index (χ0n) is 10.9. The molecule has 0 saturated heterocycles. The molecular weight excluding hydrogens is 343 g/mol. The summed E-state index contributed by atoms with van der Waals surface area (Å²) in [4.78, 5) is 22.4. The number of nitrogens with one attached hydrogen (secondary N) is 1. The highest BCUT2D eigenvalue weighted by atomic mass is 79.9. The normalized spacial score (nSPS) is 10.2. The first-order valence-corrected chi connectivity index (χ1v) is 6.70. The largest absolute Gasteiger partial charge is 0.322 e. The molecule has 2 aromatic carbocycles. The third-order valence-corrected chi connectivity index (χ3v) is 3.68. The van der Waals surface area contributed by atoms with Crippen molar-refractivity contribution >= 4 is 33.2 Å². The van der Waals surface area contributed by atoms with Gasteiger partial charge in [-0.05, 0) is 46.6 Å². The molecule has 0 spiro atoms. The lowest BCUT2D eigenvalue weighted by Crippen LogP contribution is -2.13. The number of amides is 1. The number of halogens is 2. The SMILES string of the molecule is Cc1ccc(NC(=O)c2cccc([N+](=O)[O-])c2Br)cc1F. The summed E-state index contributed by atoms with van der Waals surface area (Å²) < 4.78 is 13.5. The summed E-state index contributed by atoms with van der Waals surface area (Å²) in [5.41, 5.74) is 0.633. The Morgan fingerprint density at radius 1 is 1.33 bits per heavy atom. The number of nitrogens with zero attached hydrogens (tertiary/aromatic N) is 1. The van der Waals surface area contributed by atoms with Gasteiger partial charge >= 0.3 is 0 Å². The van der Waals surface area contributed by atoms with Crippen LogP contribution in [0.5, 0.6) is 0 Å². The lowest BCUT2D eigenvalue weighted by Gasteiger charge is -2.08. The molecule has 108 valence electrons. The molecule has 21 heavy (non-hydrogen) atoms. The fourth-order valence-electron chi connectivity index (χ4n) is 1.71. The molecule has 0 saturated carbocycles. The van der Waals surface area contributed by atoms with Crippen molar-refractivity contribution in [3.05, 3.63) is 67.9 Å². The molecule has 5 nitrogen and oxygen atoms in total. The maximum atomic E-state index is 13.4. The van der Waals surface area contributed by atoms with Gasteiger partial charge in [-0.2, -0.15) is 0 Å². The quantitative estimate of drug-likeness (QED) is 0.668. The van der Waals surface area contributed by atoms with Gasteiger partial charge in [0.05, 0.1) is 10.5 Å². The van der Waals surface area contributed by atoms with Gasteiger partial charge in [0.2, 0.25) is 0 Å². The number of nitro groups is 1. The van der Waals surface area contributed by atoms with Crippen LogP contribution in [0.1, 0.15) is 15.9 Å². The van der Waals surface area contributed by atoms with Crippen LogP contribution in [0.2, 0.25) is 0 Å². The molecule has 1 N–H and O–H groups in total. The summed E-state index contributed by atoms with van der Waals surface area (Å²) >= 11 is 3.05. The van der Waals surface area contributed by atoms with E-state index >= 15 is 0 Å². The molecule has 0 bridgehead atoms. The minimum absolute atomic E-state index is 0.0834. The van der Waals surface area contributed by atoms with Crippen LogP contribution in [0.3, 0.4) is 0 Å². The molecule has 0 aromatic heterocycles. The van der Waals surface area contributed by atoms with Crippen molar-refractivity contribution in [1.29, 1.82) is 0 Å². The third kappa shape index (κ3) is 3.25. The second kappa shape index (κ2) is 6.01. The monoisotopic (exact) mass is 352 g/mol. The van der Waals surface area contributed by atoms with Crippen LogP contribution < -0.4 is 5.32 Å². The van der Waals surface area contributed by atoms with Gasteiger partial charge in [0.1, 0.15) is 10.3 Å². The van der Waals surface area contributed by atoms with Crippen LogP contribution in [-0.4, -0.2) is 10.8 Å². The first kappa shape index (κ1) is 15.1. The van der Waals surface area contributed by atoms with Crippen molar-refractivity contribution in [1.82, 2.24) is 0 Å². The van der Waals surface area contributed by atoms with Crippen molar-refractivity contribution < 1.29 is 14.1 Å². The van der Waals surface area contributed by atoms with E-state index in [1.165, 1.54) is 30.3 Å². The van der Waals surface area contributed by atoms with Gasteiger partial charge in [-0.15, -0.1) is 0 Å². The summed E-state index contributed by atoms with van der Waals surface area (Å²) in [5.74, 6) is -1.00. The number of hydrogen-bond acceptors (Lipinski definition) is 3. The average molecular weight is 353 g/mol. The van der Waals surface area contributed by atoms with Crippen LogP contribution >= 0.6 is 15.9 Å². The maximum Gasteiger partial charge on any atom is 0.284 e. The molecule has 2 aromatic rings. The molecule has 0 atom stereocenters. The Morgan fingerprint density at radius 3 is 2.67 bits per heavy atom. The van der Waals surface area contributed by atoms with Crippen molar-refractivity contribution in [2.45, 2.75) is 6.92 Å². The second-order valence-corrected chi connectivity index (χ2v) is 5.11. The predicted octanol–water partition coefficient (Wildman–Crippen LogP) is 4.06. The Labute approximate surface area is 128 Å². The Hall–Kier alpha value is -2.28. The molecule has 0 radical (unpaired) electrons. The molecule has 0 fully saturated rings. The van der Waals surface area contributed by atoms with Crippen LogP contribution in [-0.2, 0) is 0 Å². The zero-order chi connectivity index (χ0) is 15.6. The summed E-state index contributed by atoms with van der Waals surface area (Å²) in [6.45, 7) is 1.61. The Morgan fingerprint density at radius 2 is 2.05 bits per heavy atom. The van der Waals surface area contributed by atoms with Gasteiger partial charge in [0, 0.05) is 11.8 Å². The van der Waals surface area contributed by atoms with E-state index in [2.05, 4.69) is 21.2 Å². The molecule has 0 aliphatic rings. The molecule has 0 heterocycles. The highest BCUT2D eigenvalue weighted by Gasteiger charge is 2.19. The average Bonchev–Trinajstić information content (AvgIpc) is 2.42. The predicted molar refractivity (Wildman–Crippen MR) is 79.9 cm³/mol. The topological polar surface area (TPSA) is 72.2 Å². The van der Waals surface area contributed by atoms with Crippen molar-refractivity contribution in [3.63, 3.8) is 0 Å². The van der Waals surface area contributed by atoms with Gasteiger partial charge in [-0.1, -0.05) is 12.1 Å². The number of benzene rings is 2. The number of carbonyl (C=O) groups is 1. The minimum Gasteiger partial charge on any atom is -0.322 e. The van der Waals surface area contributed by atoms with E-state index in [0.29, 0.717) is 5.56 Å². The number of anilines is 1. The van der Waals surface area contributed by atoms with E-state index in [1.807, 2.05) is 0 Å². The number of rotatable bonds is 3. The lowest BCUT2D eigenvalue weighted by molar-refractivity contribution is -0.385. The molecule has 0 aliphatic carbocycles. The van der Waals surface area contributed by atoms with Gasteiger partial charge in [0.15, 0.2) is 0 Å². The first-order chi connectivity index (χ1) is 9.90. The van der Waals surface area contributed by atoms with Crippen molar-refractivity contribution in [2.75, 3.05) is 5.32 Å². The maximum absolute atomic E-state index is 13.4. The van der Waals surface area contributed by atoms with E-state index < -0.39 is 16.6 Å². The van der Waals surface area contributed by atoms with Gasteiger partial charge in [0.25, 0.3) is 11.6 Å². The Bertz CT molecular complexity index is 734. The van der Waals surface area contributed by atoms with Gasteiger partial charge in [-0.3, -0.25) is 14.9 Å². The summed E-state index contributed by atoms with van der Waals surface area (Å²) in [6.07, 6.45) is 0. The number of hydrogen-bond donors (Lipinski definition) is 1. The molecule has 1 amide bonds. The fraction of sp³-hybridized carbons (Fsp3) is 0.0714. The van der Waals surface area contributed by atoms with Gasteiger partial charge in [-0.25, -0.2) is 4.39 Å². The van der Waals surface area contributed by atoms with E-state index in [1.54, 1.807) is 13.0 Å². The van der Waals surface area contributed by atoms with Gasteiger partial charge < -0.3 is 5.32 Å². The standard InChI is InChI=1S/C14H10BrFN2O3/c1-8-5-6-9(7-11(8)16)17-14(19)10-3-2-4-12(13(10)15)18(20)21/h2-7H,1H3,(H,17,19). The Kier molecular flexibility index (Phi) is 4.32. The van der Waals surface area contributed by atoms with E-state index in [9.17, 15) is 19.3 Å². The molecule has 0 aliphatic heterocycles. The third-order valence-electron chi connectivity index (χ3n) is 2.85. The van der Waals surface area contributed by atoms with E-state index in [4.69, 9.17) is 0 Å². The first-order valence-electron chi connectivity index (χ1n) is 5.90. The molecular formula is C14H10BrFN2O3. The van der Waals surface area contributed by atoms with Crippen molar-refractivity contribution in [2.24, 2.45) is 0 Å². The number of nitro benzene ring substituents is 1. The molecule has 0 unspecified atom stereocenters. The summed E-state index contributed by atoms with van der Waals surface area (Å²) in [6, 6.07) is 8.42. The summed E-state index contributed by atoms with van der Waals surface area (Å²) in [5, 5.41) is 13.3. The fourth-order valence-corrected chi connectivity index (χ4v) is 2.29. The Balaban J connectivity index is 2.30. The van der Waals surface area contributed by atoms with E-state index in [-0.39, 0.29) is 21.4 Å². The minimum atomic E-state index is -0.591. The van der Waals surface area contributed by atoms with Crippen LogP contribution in [0.15, 0.2) is 40.9 Å². The second-order valence-electron chi connectivity index (χ2n) is 4.31. The number of carbonyl (C=O) groups excluding carboxylic acids is 1. The van der Waals surface area contributed by atoms with Crippen LogP contribution in [0, 0.1) is 22.9 Å². The highest BCUT2D eigenvalue weighted by Crippen LogP contribution is 2.28. The van der Waals surface area contributed by atoms with Crippen LogP contribution in [0.4, 0.5) is 15.8 Å². The summed E-state index contributed by atoms with van der Waals surface area (Å²) in [7, 11) is 0. The van der Waals surface area contributed by atoms with Crippen LogP contribution in [0.25, 0.3) is 0 Å². The van der Waals surface area contributed by atoms with Crippen molar-refractivity contribution in [3.8, 4) is 0 Å². The number of aryl methyl sites for hydroxylation is 1. The van der Waals surface area contributed by atoms with E-state index in [0.717, 1.165) is 0 Å². The lowest BCUT2D eigenvalue weighted by atomic mass is 10.1. The zero-order valence-corrected chi connectivity index (χ0v) is 12.5. The smallest absolute Gasteiger partial charge is 0.284 e.